The van der Waals surface area contributed by atoms with Gasteiger partial charge in [0.1, 0.15) is 0 Å². The van der Waals surface area contributed by atoms with Crippen molar-refractivity contribution in [3.63, 3.8) is 0 Å². The molecule has 0 aromatic heterocycles. The van der Waals surface area contributed by atoms with Crippen LogP contribution in [0.2, 0.25) is 0 Å². The van der Waals surface area contributed by atoms with E-state index in [1.165, 1.54) is 0 Å². The number of methoxy groups -OCH3 is 1. The van der Waals surface area contributed by atoms with Gasteiger partial charge in [0.05, 0.1) is 11.9 Å². The van der Waals surface area contributed by atoms with Crippen molar-refractivity contribution in [3.8, 4) is 0 Å². The Hall–Kier alpha value is -2.05. The molecule has 2 aromatic rings. The molecule has 6 heteroatoms. The van der Waals surface area contributed by atoms with Gasteiger partial charge in [-0.05, 0) is 36.2 Å². The number of hydrogen-bond acceptors (Lipinski definition) is 4. The lowest BCUT2D eigenvalue weighted by molar-refractivity contribution is 0.121. The molecule has 0 radical (unpaired) electrons. The minimum Gasteiger partial charge on any atom is -0.380 e. The fourth-order valence-corrected chi connectivity index (χ4v) is 4.10. The first kappa shape index (κ1) is 16.8. The van der Waals surface area contributed by atoms with Crippen LogP contribution in [0.25, 0.3) is 0 Å². The van der Waals surface area contributed by atoms with E-state index in [4.69, 9.17) is 4.74 Å². The smallest absolute Gasteiger partial charge is 0.236 e. The lowest BCUT2D eigenvalue weighted by Gasteiger charge is -2.18. The van der Waals surface area contributed by atoms with E-state index in [0.29, 0.717) is 5.69 Å². The van der Waals surface area contributed by atoms with Gasteiger partial charge in [0, 0.05) is 31.6 Å². The van der Waals surface area contributed by atoms with Crippen molar-refractivity contribution in [1.82, 2.24) is 0 Å². The molecule has 0 spiro atoms. The molecule has 2 aromatic carbocycles. The van der Waals surface area contributed by atoms with E-state index in [9.17, 15) is 8.42 Å². The Morgan fingerprint density at radius 2 is 1.83 bits per heavy atom. The molecule has 0 aliphatic carbocycles. The van der Waals surface area contributed by atoms with Gasteiger partial charge in [0.25, 0.3) is 0 Å². The summed E-state index contributed by atoms with van der Waals surface area (Å²) in [6, 6.07) is 16.7. The summed E-state index contributed by atoms with van der Waals surface area (Å²) in [6.45, 7) is 1.83. The van der Waals surface area contributed by atoms with E-state index < -0.39 is 10.0 Å². The van der Waals surface area contributed by atoms with Crippen LogP contribution >= 0.6 is 0 Å². The molecule has 1 fully saturated rings. The molecule has 0 amide bonds. The summed E-state index contributed by atoms with van der Waals surface area (Å²) in [4.78, 5) is 2.25. The van der Waals surface area contributed by atoms with E-state index in [2.05, 4.69) is 9.62 Å². The van der Waals surface area contributed by atoms with Gasteiger partial charge < -0.3 is 9.64 Å². The van der Waals surface area contributed by atoms with Crippen LogP contribution in [0.1, 0.15) is 12.0 Å². The number of benzene rings is 2. The molecule has 0 bridgehead atoms. The summed E-state index contributed by atoms with van der Waals surface area (Å²) in [7, 11) is -1.68. The van der Waals surface area contributed by atoms with Crippen LogP contribution in [-0.4, -0.2) is 34.7 Å². The van der Waals surface area contributed by atoms with E-state index >= 15 is 0 Å². The lowest BCUT2D eigenvalue weighted by Crippen LogP contribution is -2.22. The van der Waals surface area contributed by atoms with Crippen LogP contribution < -0.4 is 9.62 Å². The van der Waals surface area contributed by atoms with Gasteiger partial charge in [-0.3, -0.25) is 4.72 Å². The van der Waals surface area contributed by atoms with Gasteiger partial charge >= 0.3 is 0 Å². The first-order valence-corrected chi connectivity index (χ1v) is 9.63. The predicted octanol–water partition coefficient (Wildman–Crippen LogP) is 2.85. The number of nitrogens with one attached hydrogen (secondary N) is 1. The second-order valence-electron chi connectivity index (χ2n) is 5.99. The number of hydrogen-bond donors (Lipinski definition) is 1. The van der Waals surface area contributed by atoms with Crippen molar-refractivity contribution in [2.75, 3.05) is 29.8 Å². The van der Waals surface area contributed by atoms with Crippen LogP contribution in [0.15, 0.2) is 54.6 Å². The molecule has 24 heavy (non-hydrogen) atoms. The van der Waals surface area contributed by atoms with E-state index in [-0.39, 0.29) is 11.9 Å². The largest absolute Gasteiger partial charge is 0.380 e. The summed E-state index contributed by atoms with van der Waals surface area (Å²) >= 11 is 0. The van der Waals surface area contributed by atoms with Gasteiger partial charge in [0.15, 0.2) is 0 Å². The summed E-state index contributed by atoms with van der Waals surface area (Å²) in [5.41, 5.74) is 2.43. The van der Waals surface area contributed by atoms with E-state index in [1.807, 2.05) is 42.5 Å². The third kappa shape index (κ3) is 4.27. The molecule has 1 unspecified atom stereocenters. The maximum atomic E-state index is 12.3. The summed E-state index contributed by atoms with van der Waals surface area (Å²) in [5.74, 6) is -0.0305. The Morgan fingerprint density at radius 3 is 2.46 bits per heavy atom. The Bertz CT molecular complexity index is 761. The maximum Gasteiger partial charge on any atom is 0.236 e. The van der Waals surface area contributed by atoms with Crippen LogP contribution in [0.5, 0.6) is 0 Å². The molecular formula is C18H22N2O3S. The molecule has 5 nitrogen and oxygen atoms in total. The molecular weight excluding hydrogens is 324 g/mol. The standard InChI is InChI=1S/C18H22N2O3S/c1-23-18-11-12-20(13-18)17-9-7-16(8-10-17)19-24(21,22)14-15-5-3-2-4-6-15/h2-10,18-19H,11-14H2,1H3. The SMILES string of the molecule is COC1CCN(c2ccc(NS(=O)(=O)Cc3ccccc3)cc2)C1. The van der Waals surface area contributed by atoms with E-state index in [1.54, 1.807) is 19.2 Å². The highest BCUT2D eigenvalue weighted by Gasteiger charge is 2.22. The number of rotatable bonds is 6. The first-order chi connectivity index (χ1) is 11.6. The highest BCUT2D eigenvalue weighted by molar-refractivity contribution is 7.91. The number of nitrogens with zero attached hydrogens (tertiary/aromatic N) is 1. The van der Waals surface area contributed by atoms with Crippen molar-refractivity contribution < 1.29 is 13.2 Å². The normalized spacial score (nSPS) is 17.9. The third-order valence-corrected chi connectivity index (χ3v) is 5.44. The quantitative estimate of drug-likeness (QED) is 0.874. The van der Waals surface area contributed by atoms with Crippen LogP contribution in [0, 0.1) is 0 Å². The highest BCUT2D eigenvalue weighted by atomic mass is 32.2. The van der Waals surface area contributed by atoms with Crippen LogP contribution in [-0.2, 0) is 20.5 Å². The minimum absolute atomic E-state index is 0.0305. The molecule has 1 atom stereocenters. The highest BCUT2D eigenvalue weighted by Crippen LogP contribution is 2.24. The zero-order chi connectivity index (χ0) is 17.0. The average Bonchev–Trinajstić information content (AvgIpc) is 3.05. The maximum absolute atomic E-state index is 12.3. The van der Waals surface area contributed by atoms with Gasteiger partial charge in [-0.15, -0.1) is 0 Å². The molecule has 1 saturated heterocycles. The van der Waals surface area contributed by atoms with Crippen molar-refractivity contribution in [2.45, 2.75) is 18.3 Å². The van der Waals surface area contributed by atoms with Gasteiger partial charge in [-0.2, -0.15) is 0 Å². The number of anilines is 2. The average molecular weight is 346 g/mol. The molecule has 1 N–H and O–H groups in total. The Kier molecular flexibility index (Phi) is 5.06. The van der Waals surface area contributed by atoms with Crippen LogP contribution in [0.4, 0.5) is 11.4 Å². The zero-order valence-electron chi connectivity index (χ0n) is 13.7. The van der Waals surface area contributed by atoms with Gasteiger partial charge in [-0.25, -0.2) is 8.42 Å². The third-order valence-electron chi connectivity index (χ3n) is 4.18. The van der Waals surface area contributed by atoms with Gasteiger partial charge in [0.2, 0.25) is 10.0 Å². The zero-order valence-corrected chi connectivity index (χ0v) is 14.5. The monoisotopic (exact) mass is 346 g/mol. The fourth-order valence-electron chi connectivity index (χ4n) is 2.90. The van der Waals surface area contributed by atoms with Crippen molar-refractivity contribution in [3.05, 3.63) is 60.2 Å². The molecule has 0 saturated carbocycles. The van der Waals surface area contributed by atoms with Crippen molar-refractivity contribution >= 4 is 21.4 Å². The second kappa shape index (κ2) is 7.23. The van der Waals surface area contributed by atoms with Crippen LogP contribution in [0.3, 0.4) is 0 Å². The summed E-state index contributed by atoms with van der Waals surface area (Å²) < 4.78 is 32.5. The predicted molar refractivity (Wildman–Crippen MR) is 96.8 cm³/mol. The Morgan fingerprint density at radius 1 is 1.12 bits per heavy atom. The summed E-state index contributed by atoms with van der Waals surface area (Å²) in [6.07, 6.45) is 1.29. The fraction of sp³-hybridized carbons (Fsp3) is 0.333. The van der Waals surface area contributed by atoms with Crippen molar-refractivity contribution in [2.24, 2.45) is 0 Å². The molecule has 128 valence electrons. The molecule has 1 aliphatic heterocycles. The van der Waals surface area contributed by atoms with Gasteiger partial charge in [-0.1, -0.05) is 30.3 Å². The second-order valence-corrected chi connectivity index (χ2v) is 7.71. The summed E-state index contributed by atoms with van der Waals surface area (Å²) in [5, 5.41) is 0. The Labute approximate surface area is 143 Å². The number of ether oxygens (including phenoxy) is 1. The minimum atomic E-state index is -3.42. The van der Waals surface area contributed by atoms with Crippen molar-refractivity contribution in [1.29, 1.82) is 0 Å². The number of sulfonamides is 1. The lowest BCUT2D eigenvalue weighted by atomic mass is 10.2. The molecule has 1 aliphatic rings. The Balaban J connectivity index is 1.63. The topological polar surface area (TPSA) is 58.6 Å². The molecule has 1 heterocycles. The molecule has 3 rings (SSSR count). The first-order valence-electron chi connectivity index (χ1n) is 7.98. The van der Waals surface area contributed by atoms with E-state index in [0.717, 1.165) is 30.8 Å².